The summed E-state index contributed by atoms with van der Waals surface area (Å²) in [4.78, 5) is 0. The molecule has 0 saturated carbocycles. The maximum atomic E-state index is 5.23. The molecule has 0 bridgehead atoms. The van der Waals surface area contributed by atoms with E-state index in [4.69, 9.17) is 16.7 Å². The Morgan fingerprint density at radius 2 is 2.00 bits per heavy atom. The second-order valence-corrected chi connectivity index (χ2v) is 5.24. The SMILES string of the molecule is CCC(C)c1ccc(NC(=S)Nc2cc(C)on2)cc1. The van der Waals surface area contributed by atoms with Gasteiger partial charge in [0.15, 0.2) is 10.9 Å². The van der Waals surface area contributed by atoms with Gasteiger partial charge in [0.1, 0.15) is 5.76 Å². The highest BCUT2D eigenvalue weighted by atomic mass is 32.1. The highest BCUT2D eigenvalue weighted by Crippen LogP contribution is 2.20. The van der Waals surface area contributed by atoms with Crippen molar-refractivity contribution in [1.82, 2.24) is 5.16 Å². The van der Waals surface area contributed by atoms with Gasteiger partial charge in [-0.05, 0) is 49.2 Å². The molecular weight excluding hydrogens is 270 g/mol. The van der Waals surface area contributed by atoms with E-state index in [1.165, 1.54) is 5.56 Å². The summed E-state index contributed by atoms with van der Waals surface area (Å²) in [5, 5.41) is 10.4. The summed E-state index contributed by atoms with van der Waals surface area (Å²) in [6.45, 7) is 6.25. The van der Waals surface area contributed by atoms with Crippen molar-refractivity contribution in [1.29, 1.82) is 0 Å². The van der Waals surface area contributed by atoms with Crippen molar-refractivity contribution >= 4 is 28.8 Å². The van der Waals surface area contributed by atoms with Crippen LogP contribution in [0.5, 0.6) is 0 Å². The van der Waals surface area contributed by atoms with E-state index in [1.54, 1.807) is 6.07 Å². The Kier molecular flexibility index (Phi) is 4.74. The molecule has 1 unspecified atom stereocenters. The molecule has 0 aliphatic rings. The van der Waals surface area contributed by atoms with Crippen LogP contribution in [-0.4, -0.2) is 10.3 Å². The van der Waals surface area contributed by atoms with Crippen LogP contribution < -0.4 is 10.6 Å². The topological polar surface area (TPSA) is 50.1 Å². The lowest BCUT2D eigenvalue weighted by Crippen LogP contribution is -2.19. The highest BCUT2D eigenvalue weighted by Gasteiger charge is 2.05. The minimum atomic E-state index is 0.495. The van der Waals surface area contributed by atoms with Crippen LogP contribution in [0.25, 0.3) is 0 Å². The predicted molar refractivity (Wildman–Crippen MR) is 86.2 cm³/mol. The minimum absolute atomic E-state index is 0.495. The van der Waals surface area contributed by atoms with Crippen LogP contribution >= 0.6 is 12.2 Å². The van der Waals surface area contributed by atoms with Crippen molar-refractivity contribution in [2.24, 2.45) is 0 Å². The third kappa shape index (κ3) is 3.81. The first-order valence-electron chi connectivity index (χ1n) is 6.69. The molecule has 1 atom stereocenters. The number of nitrogens with one attached hydrogen (secondary N) is 2. The second kappa shape index (κ2) is 6.52. The van der Waals surface area contributed by atoms with E-state index in [0.29, 0.717) is 16.8 Å². The molecule has 4 nitrogen and oxygen atoms in total. The maximum Gasteiger partial charge on any atom is 0.176 e. The van der Waals surface area contributed by atoms with Gasteiger partial charge in [-0.2, -0.15) is 0 Å². The summed E-state index contributed by atoms with van der Waals surface area (Å²) in [5.74, 6) is 1.93. The summed E-state index contributed by atoms with van der Waals surface area (Å²) >= 11 is 5.23. The lowest BCUT2D eigenvalue weighted by Gasteiger charge is -2.11. The molecule has 0 amide bonds. The number of nitrogens with zero attached hydrogens (tertiary/aromatic N) is 1. The van der Waals surface area contributed by atoms with Gasteiger partial charge in [0.25, 0.3) is 0 Å². The average Bonchev–Trinajstić information content (AvgIpc) is 2.84. The molecule has 0 saturated heterocycles. The summed E-state index contributed by atoms with van der Waals surface area (Å²) in [7, 11) is 0. The Labute approximate surface area is 124 Å². The molecule has 0 spiro atoms. The molecule has 0 radical (unpaired) electrons. The van der Waals surface area contributed by atoms with Crippen molar-refractivity contribution in [3.63, 3.8) is 0 Å². The zero-order valence-electron chi connectivity index (χ0n) is 11.9. The molecule has 2 N–H and O–H groups in total. The van der Waals surface area contributed by atoms with Gasteiger partial charge in [0, 0.05) is 11.8 Å². The van der Waals surface area contributed by atoms with Crippen molar-refractivity contribution < 1.29 is 4.52 Å². The number of rotatable bonds is 4. The molecule has 5 heteroatoms. The third-order valence-corrected chi connectivity index (χ3v) is 3.42. The molecule has 2 aromatic rings. The lowest BCUT2D eigenvalue weighted by molar-refractivity contribution is 0.400. The number of aryl methyl sites for hydroxylation is 1. The van der Waals surface area contributed by atoms with Crippen molar-refractivity contribution in [2.75, 3.05) is 10.6 Å². The van der Waals surface area contributed by atoms with Crippen molar-refractivity contribution in [3.05, 3.63) is 41.7 Å². The van der Waals surface area contributed by atoms with Gasteiger partial charge in [-0.3, -0.25) is 0 Å². The van der Waals surface area contributed by atoms with Crippen LogP contribution in [0, 0.1) is 6.92 Å². The Bertz CT molecular complexity index is 577. The second-order valence-electron chi connectivity index (χ2n) is 4.83. The quantitative estimate of drug-likeness (QED) is 0.822. The number of aromatic nitrogens is 1. The summed E-state index contributed by atoms with van der Waals surface area (Å²) in [6.07, 6.45) is 1.14. The lowest BCUT2D eigenvalue weighted by atomic mass is 9.99. The van der Waals surface area contributed by atoms with E-state index < -0.39 is 0 Å². The molecule has 1 aromatic carbocycles. The van der Waals surface area contributed by atoms with E-state index in [1.807, 2.05) is 19.1 Å². The molecule has 0 aliphatic heterocycles. The fraction of sp³-hybridized carbons (Fsp3) is 0.333. The van der Waals surface area contributed by atoms with Gasteiger partial charge < -0.3 is 15.2 Å². The van der Waals surface area contributed by atoms with Gasteiger partial charge in [0.2, 0.25) is 0 Å². The average molecular weight is 289 g/mol. The largest absolute Gasteiger partial charge is 0.360 e. The van der Waals surface area contributed by atoms with Gasteiger partial charge in [-0.1, -0.05) is 31.1 Å². The monoisotopic (exact) mass is 289 g/mol. The van der Waals surface area contributed by atoms with Crippen LogP contribution in [0.1, 0.15) is 37.5 Å². The van der Waals surface area contributed by atoms with Crippen LogP contribution in [0.4, 0.5) is 11.5 Å². The Hall–Kier alpha value is -1.88. The first-order valence-corrected chi connectivity index (χ1v) is 7.10. The Morgan fingerprint density at radius 1 is 1.30 bits per heavy atom. The van der Waals surface area contributed by atoms with Gasteiger partial charge >= 0.3 is 0 Å². The fourth-order valence-electron chi connectivity index (χ4n) is 1.83. The van der Waals surface area contributed by atoms with Crippen molar-refractivity contribution in [2.45, 2.75) is 33.1 Å². The summed E-state index contributed by atoms with van der Waals surface area (Å²) < 4.78 is 4.97. The van der Waals surface area contributed by atoms with E-state index in [0.717, 1.165) is 17.9 Å². The number of hydrogen-bond acceptors (Lipinski definition) is 3. The van der Waals surface area contributed by atoms with E-state index in [2.05, 4.69) is 41.8 Å². The molecule has 0 aliphatic carbocycles. The molecule has 1 aromatic heterocycles. The number of thiocarbonyl (C=S) groups is 1. The standard InChI is InChI=1S/C15H19N3OS/c1-4-10(2)12-5-7-13(8-6-12)16-15(20)17-14-9-11(3)19-18-14/h5-10H,4H2,1-3H3,(H2,16,17,18,20). The molecule has 20 heavy (non-hydrogen) atoms. The molecule has 1 heterocycles. The highest BCUT2D eigenvalue weighted by molar-refractivity contribution is 7.80. The first kappa shape index (κ1) is 14.5. The van der Waals surface area contributed by atoms with Gasteiger partial charge in [-0.25, -0.2) is 0 Å². The van der Waals surface area contributed by atoms with Crippen LogP contribution in [-0.2, 0) is 0 Å². The van der Waals surface area contributed by atoms with E-state index in [-0.39, 0.29) is 0 Å². The number of anilines is 2. The van der Waals surface area contributed by atoms with Crippen LogP contribution in [0.15, 0.2) is 34.9 Å². The van der Waals surface area contributed by atoms with E-state index in [9.17, 15) is 0 Å². The molecular formula is C15H19N3OS. The normalized spacial score (nSPS) is 11.9. The van der Waals surface area contributed by atoms with Crippen molar-refractivity contribution in [3.8, 4) is 0 Å². The number of hydrogen-bond donors (Lipinski definition) is 2. The minimum Gasteiger partial charge on any atom is -0.360 e. The third-order valence-electron chi connectivity index (χ3n) is 3.22. The maximum absolute atomic E-state index is 5.23. The smallest absolute Gasteiger partial charge is 0.176 e. The van der Waals surface area contributed by atoms with Gasteiger partial charge in [0.05, 0.1) is 0 Å². The number of benzene rings is 1. The van der Waals surface area contributed by atoms with Gasteiger partial charge in [-0.15, -0.1) is 0 Å². The Balaban J connectivity index is 1.94. The zero-order chi connectivity index (χ0) is 14.5. The van der Waals surface area contributed by atoms with E-state index >= 15 is 0 Å². The Morgan fingerprint density at radius 3 is 2.55 bits per heavy atom. The van der Waals surface area contributed by atoms with Crippen LogP contribution in [0.3, 0.4) is 0 Å². The molecule has 2 rings (SSSR count). The molecule has 106 valence electrons. The fourth-order valence-corrected chi connectivity index (χ4v) is 2.06. The molecule has 0 fully saturated rings. The summed E-state index contributed by atoms with van der Waals surface area (Å²) in [5.41, 5.74) is 2.29. The summed E-state index contributed by atoms with van der Waals surface area (Å²) in [6, 6.07) is 10.1. The first-order chi connectivity index (χ1) is 9.58. The van der Waals surface area contributed by atoms with Crippen LogP contribution in [0.2, 0.25) is 0 Å². The zero-order valence-corrected chi connectivity index (χ0v) is 12.8. The predicted octanol–water partition coefficient (Wildman–Crippen LogP) is 4.31.